The van der Waals surface area contributed by atoms with Crippen LogP contribution in [0.2, 0.25) is 0 Å². The number of benzene rings is 2. The van der Waals surface area contributed by atoms with Crippen LogP contribution in [0.3, 0.4) is 0 Å². The summed E-state index contributed by atoms with van der Waals surface area (Å²) in [6.45, 7) is 4.07. The minimum absolute atomic E-state index is 0.0235. The predicted octanol–water partition coefficient (Wildman–Crippen LogP) is 4.18. The summed E-state index contributed by atoms with van der Waals surface area (Å²) in [5, 5.41) is 3.26. The molecule has 3 heterocycles. The Kier molecular flexibility index (Phi) is 4.73. The van der Waals surface area contributed by atoms with Gasteiger partial charge in [0.25, 0.3) is 0 Å². The van der Waals surface area contributed by atoms with Gasteiger partial charge in [-0.05, 0) is 49.9 Å². The van der Waals surface area contributed by atoms with Crippen molar-refractivity contribution in [2.75, 3.05) is 4.90 Å². The zero-order valence-corrected chi connectivity index (χ0v) is 19.2. The highest BCUT2D eigenvalue weighted by atomic mass is 16.5. The van der Waals surface area contributed by atoms with E-state index in [-0.39, 0.29) is 29.9 Å². The number of fused-ring (bicyclic) bond motifs is 1. The number of amides is 2. The van der Waals surface area contributed by atoms with Crippen molar-refractivity contribution >= 4 is 17.5 Å². The van der Waals surface area contributed by atoms with Gasteiger partial charge in [0.2, 0.25) is 11.8 Å². The Bertz CT molecular complexity index is 1130. The fraction of sp³-hybridized carbons (Fsp3) is 0.429. The van der Waals surface area contributed by atoms with Gasteiger partial charge in [-0.1, -0.05) is 67.0 Å². The molecule has 3 aliphatic heterocycles. The summed E-state index contributed by atoms with van der Waals surface area (Å²) in [5.74, 6) is -0.645. The van der Waals surface area contributed by atoms with Crippen molar-refractivity contribution in [3.05, 3.63) is 77.4 Å². The average molecular weight is 443 g/mol. The Hall–Kier alpha value is -2.92. The maximum Gasteiger partial charge on any atom is 0.246 e. The molecule has 1 N–H and O–H groups in total. The molecule has 1 saturated carbocycles. The first-order valence-electron chi connectivity index (χ1n) is 12.1. The summed E-state index contributed by atoms with van der Waals surface area (Å²) in [7, 11) is 0. The van der Waals surface area contributed by atoms with Gasteiger partial charge in [0, 0.05) is 17.6 Å². The summed E-state index contributed by atoms with van der Waals surface area (Å²) in [6.07, 6.45) is 8.14. The number of anilines is 1. The molecule has 0 unspecified atom stereocenters. The number of rotatable bonds is 4. The van der Waals surface area contributed by atoms with Crippen LogP contribution in [0, 0.1) is 19.8 Å². The molecular formula is C28H30N2O3. The molecule has 1 spiro atoms. The number of nitrogens with one attached hydrogen (secondary N) is 1. The minimum Gasteiger partial charge on any atom is -0.359 e. The Balaban J connectivity index is 1.45. The van der Waals surface area contributed by atoms with E-state index in [1.807, 2.05) is 37.3 Å². The second-order valence-corrected chi connectivity index (χ2v) is 10.1. The zero-order chi connectivity index (χ0) is 22.7. The molecule has 6 rings (SSSR count). The van der Waals surface area contributed by atoms with Crippen molar-refractivity contribution in [2.24, 2.45) is 5.92 Å². The lowest BCUT2D eigenvalue weighted by Gasteiger charge is -2.33. The minimum atomic E-state index is -0.941. The first kappa shape index (κ1) is 20.7. The van der Waals surface area contributed by atoms with Crippen molar-refractivity contribution in [1.82, 2.24) is 5.32 Å². The number of aryl methyl sites for hydroxylation is 2. The van der Waals surface area contributed by atoms with Crippen molar-refractivity contribution in [2.45, 2.75) is 69.2 Å². The lowest BCUT2D eigenvalue weighted by atomic mass is 9.72. The Morgan fingerprint density at radius 2 is 1.82 bits per heavy atom. The first-order valence-corrected chi connectivity index (χ1v) is 12.1. The summed E-state index contributed by atoms with van der Waals surface area (Å²) in [5.41, 5.74) is 3.15. The Labute approximate surface area is 194 Å². The standard InChI is InChI=1S/C28H30N2O3/c1-17-10-12-19(13-11-17)23-22-14-15-28(33-22)24(23)27(32)30(21-9-5-6-18(2)16-21)25(28)26(31)29-20-7-3-4-8-20/h5-6,9-16,20,22-25H,3-4,7-8H2,1-2H3,(H,29,31)/t22-,23+,24+,25-,28+/m1/s1. The third-order valence-corrected chi connectivity index (χ3v) is 7.97. The summed E-state index contributed by atoms with van der Waals surface area (Å²) in [4.78, 5) is 29.6. The number of carbonyl (C=O) groups excluding carboxylic acids is 2. The summed E-state index contributed by atoms with van der Waals surface area (Å²) in [6, 6.07) is 15.7. The maximum absolute atomic E-state index is 14.1. The van der Waals surface area contributed by atoms with E-state index in [0.717, 1.165) is 42.5 Å². The Morgan fingerprint density at radius 3 is 2.55 bits per heavy atom. The number of ether oxygens (including phenoxy) is 1. The number of hydrogen-bond acceptors (Lipinski definition) is 3. The van der Waals surface area contributed by atoms with Gasteiger partial charge in [0.1, 0.15) is 11.6 Å². The van der Waals surface area contributed by atoms with Gasteiger partial charge < -0.3 is 10.1 Å². The zero-order valence-electron chi connectivity index (χ0n) is 19.2. The molecule has 2 saturated heterocycles. The normalized spacial score (nSPS) is 32.5. The molecular weight excluding hydrogens is 412 g/mol. The van der Waals surface area contributed by atoms with Crippen LogP contribution in [-0.2, 0) is 14.3 Å². The molecule has 33 heavy (non-hydrogen) atoms. The van der Waals surface area contributed by atoms with Gasteiger partial charge >= 0.3 is 0 Å². The quantitative estimate of drug-likeness (QED) is 0.723. The molecule has 3 fully saturated rings. The molecule has 2 amide bonds. The van der Waals surface area contributed by atoms with Gasteiger partial charge in [0.05, 0.1) is 12.0 Å². The Morgan fingerprint density at radius 1 is 1.06 bits per heavy atom. The summed E-state index contributed by atoms with van der Waals surface area (Å²) < 4.78 is 6.60. The lowest BCUT2D eigenvalue weighted by Crippen LogP contribution is -2.56. The monoisotopic (exact) mass is 442 g/mol. The largest absolute Gasteiger partial charge is 0.359 e. The topological polar surface area (TPSA) is 58.6 Å². The molecule has 2 aromatic rings. The lowest BCUT2D eigenvalue weighted by molar-refractivity contribution is -0.127. The smallest absolute Gasteiger partial charge is 0.246 e. The van der Waals surface area contributed by atoms with Crippen molar-refractivity contribution in [3.8, 4) is 0 Å². The molecule has 4 aliphatic rings. The van der Waals surface area contributed by atoms with Crippen LogP contribution >= 0.6 is 0 Å². The molecule has 170 valence electrons. The molecule has 5 heteroatoms. The fourth-order valence-corrected chi connectivity index (χ4v) is 6.45. The van der Waals surface area contributed by atoms with E-state index in [2.05, 4.69) is 42.6 Å². The van der Waals surface area contributed by atoms with E-state index >= 15 is 0 Å². The molecule has 2 bridgehead atoms. The van der Waals surface area contributed by atoms with Gasteiger partial charge in [0.15, 0.2) is 0 Å². The van der Waals surface area contributed by atoms with Gasteiger partial charge in [-0.2, -0.15) is 0 Å². The second kappa shape index (κ2) is 7.56. The molecule has 1 aliphatic carbocycles. The highest BCUT2D eigenvalue weighted by Crippen LogP contribution is 2.59. The average Bonchev–Trinajstić information content (AvgIpc) is 3.56. The highest BCUT2D eigenvalue weighted by molar-refractivity contribution is 6.09. The summed E-state index contributed by atoms with van der Waals surface area (Å²) >= 11 is 0. The van der Waals surface area contributed by atoms with Crippen LogP contribution in [0.1, 0.15) is 48.3 Å². The van der Waals surface area contributed by atoms with Gasteiger partial charge in [-0.25, -0.2) is 0 Å². The number of carbonyl (C=O) groups is 2. The van der Waals surface area contributed by atoms with E-state index in [1.165, 1.54) is 5.56 Å². The number of hydrogen-bond donors (Lipinski definition) is 1. The van der Waals surface area contributed by atoms with Crippen LogP contribution in [0.25, 0.3) is 0 Å². The van der Waals surface area contributed by atoms with Crippen LogP contribution in [0.15, 0.2) is 60.7 Å². The van der Waals surface area contributed by atoms with E-state index in [1.54, 1.807) is 4.90 Å². The van der Waals surface area contributed by atoms with Crippen LogP contribution in [-0.4, -0.2) is 35.6 Å². The second-order valence-electron chi connectivity index (χ2n) is 10.1. The SMILES string of the molecule is Cc1ccc([C@@H]2[C@H]3C(=O)N(c4cccc(C)c4)[C@H](C(=O)NC4CCCC4)[C@]34C=C[C@H]2O4)cc1. The van der Waals surface area contributed by atoms with Crippen molar-refractivity contribution in [3.63, 3.8) is 0 Å². The highest BCUT2D eigenvalue weighted by Gasteiger charge is 2.71. The first-order chi connectivity index (χ1) is 16.0. The molecule has 5 atom stereocenters. The van der Waals surface area contributed by atoms with Crippen molar-refractivity contribution < 1.29 is 14.3 Å². The fourth-order valence-electron chi connectivity index (χ4n) is 6.45. The number of nitrogens with zero attached hydrogens (tertiary/aromatic N) is 1. The third kappa shape index (κ3) is 3.09. The third-order valence-electron chi connectivity index (χ3n) is 7.97. The van der Waals surface area contributed by atoms with Crippen molar-refractivity contribution in [1.29, 1.82) is 0 Å². The predicted molar refractivity (Wildman–Crippen MR) is 127 cm³/mol. The van der Waals surface area contributed by atoms with Crippen LogP contribution in [0.5, 0.6) is 0 Å². The molecule has 0 radical (unpaired) electrons. The molecule has 0 aromatic heterocycles. The van der Waals surface area contributed by atoms with Crippen LogP contribution in [0.4, 0.5) is 5.69 Å². The van der Waals surface area contributed by atoms with E-state index in [0.29, 0.717) is 0 Å². The van der Waals surface area contributed by atoms with E-state index < -0.39 is 17.6 Å². The van der Waals surface area contributed by atoms with E-state index in [9.17, 15) is 9.59 Å². The van der Waals surface area contributed by atoms with Crippen LogP contribution < -0.4 is 10.2 Å². The maximum atomic E-state index is 14.1. The molecule has 5 nitrogen and oxygen atoms in total. The van der Waals surface area contributed by atoms with Gasteiger partial charge in [-0.15, -0.1) is 0 Å². The van der Waals surface area contributed by atoms with E-state index in [4.69, 9.17) is 4.74 Å². The molecule has 2 aromatic carbocycles. The van der Waals surface area contributed by atoms with Gasteiger partial charge in [-0.3, -0.25) is 14.5 Å².